The fourth-order valence-corrected chi connectivity index (χ4v) is 3.49. The van der Waals surface area contributed by atoms with Crippen molar-refractivity contribution >= 4 is 11.8 Å². The van der Waals surface area contributed by atoms with E-state index in [0.717, 1.165) is 38.6 Å². The maximum atomic E-state index is 12.5. The predicted molar refractivity (Wildman–Crippen MR) is 72.3 cm³/mol. The first-order valence-corrected chi connectivity index (χ1v) is 7.66. The van der Waals surface area contributed by atoms with Gasteiger partial charge in [-0.25, -0.2) is 0 Å². The van der Waals surface area contributed by atoms with Gasteiger partial charge in [-0.3, -0.25) is 14.5 Å². The van der Waals surface area contributed by atoms with Gasteiger partial charge in [0.15, 0.2) is 5.78 Å². The summed E-state index contributed by atoms with van der Waals surface area (Å²) in [5, 5.41) is 0. The molecule has 0 amide bonds. The maximum Gasteiger partial charge on any atom is 0.309 e. The fraction of sp³-hybridized carbons (Fsp3) is 0.867. The molecule has 112 valence electrons. The summed E-state index contributed by atoms with van der Waals surface area (Å²) in [4.78, 5) is 26.5. The molecule has 2 unspecified atom stereocenters. The molecule has 5 nitrogen and oxygen atoms in total. The number of carbonyl (C=O) groups is 2. The number of fused-ring (bicyclic) bond motifs is 1. The lowest BCUT2D eigenvalue weighted by molar-refractivity contribution is -0.180. The van der Waals surface area contributed by atoms with Crippen molar-refractivity contribution in [3.8, 4) is 0 Å². The Hall–Kier alpha value is -0.940. The third-order valence-corrected chi connectivity index (χ3v) is 4.81. The van der Waals surface area contributed by atoms with E-state index in [1.807, 2.05) is 0 Å². The highest BCUT2D eigenvalue weighted by atomic mass is 16.5. The first-order valence-electron chi connectivity index (χ1n) is 7.66. The molecule has 0 aromatic carbocycles. The lowest BCUT2D eigenvalue weighted by Crippen LogP contribution is -2.77. The van der Waals surface area contributed by atoms with Crippen LogP contribution in [0.2, 0.25) is 0 Å². The van der Waals surface area contributed by atoms with Crippen LogP contribution < -0.4 is 0 Å². The Morgan fingerprint density at radius 1 is 1.25 bits per heavy atom. The van der Waals surface area contributed by atoms with Crippen LogP contribution in [0.15, 0.2) is 0 Å². The fourth-order valence-electron chi connectivity index (χ4n) is 3.49. The molecule has 3 rings (SSSR count). The molecule has 1 aliphatic carbocycles. The second-order valence-corrected chi connectivity index (χ2v) is 6.27. The van der Waals surface area contributed by atoms with Crippen molar-refractivity contribution in [2.24, 2.45) is 5.92 Å². The second kappa shape index (κ2) is 5.45. The van der Waals surface area contributed by atoms with Gasteiger partial charge in [-0.2, -0.15) is 0 Å². The number of ether oxygens (including phenoxy) is 2. The van der Waals surface area contributed by atoms with E-state index in [1.54, 1.807) is 7.11 Å². The smallest absolute Gasteiger partial charge is 0.309 e. The van der Waals surface area contributed by atoms with Crippen molar-refractivity contribution in [2.45, 2.75) is 50.1 Å². The minimum absolute atomic E-state index is 0.0206. The number of carbonyl (C=O) groups excluding carboxylic acids is 2. The molecule has 0 aromatic rings. The predicted octanol–water partition coefficient (Wildman–Crippen LogP) is 1.15. The highest BCUT2D eigenvalue weighted by Gasteiger charge is 2.60. The molecule has 3 fully saturated rings. The van der Waals surface area contributed by atoms with E-state index in [-0.39, 0.29) is 30.3 Å². The van der Waals surface area contributed by atoms with Crippen LogP contribution in [0.5, 0.6) is 0 Å². The van der Waals surface area contributed by atoms with Gasteiger partial charge in [-0.1, -0.05) is 12.8 Å². The molecule has 3 aliphatic rings. The van der Waals surface area contributed by atoms with Crippen molar-refractivity contribution in [1.29, 1.82) is 0 Å². The van der Waals surface area contributed by atoms with E-state index in [9.17, 15) is 9.59 Å². The Kier molecular flexibility index (Phi) is 3.82. The third-order valence-electron chi connectivity index (χ3n) is 4.81. The maximum absolute atomic E-state index is 12.5. The Bertz CT molecular complexity index is 407. The van der Waals surface area contributed by atoms with Crippen LogP contribution in [0, 0.1) is 5.92 Å². The quantitative estimate of drug-likeness (QED) is 0.708. The summed E-state index contributed by atoms with van der Waals surface area (Å²) in [6.07, 6.45) is 6.17. The van der Waals surface area contributed by atoms with Crippen molar-refractivity contribution in [3.05, 3.63) is 0 Å². The molecule has 1 saturated carbocycles. The summed E-state index contributed by atoms with van der Waals surface area (Å²) in [7, 11) is 1.60. The van der Waals surface area contributed by atoms with Crippen LogP contribution in [0.25, 0.3) is 0 Å². The van der Waals surface area contributed by atoms with Gasteiger partial charge < -0.3 is 9.47 Å². The molecule has 0 radical (unpaired) electrons. The van der Waals surface area contributed by atoms with Gasteiger partial charge in [-0.05, 0) is 25.7 Å². The number of Topliss-reactive ketones (excluding diaryl/α,β-unsaturated/α-hetero) is 1. The van der Waals surface area contributed by atoms with E-state index in [4.69, 9.17) is 9.47 Å². The zero-order valence-electron chi connectivity index (χ0n) is 12.1. The van der Waals surface area contributed by atoms with E-state index in [0.29, 0.717) is 6.61 Å². The summed E-state index contributed by atoms with van der Waals surface area (Å²) in [6, 6.07) is 0.0206. The van der Waals surface area contributed by atoms with Gasteiger partial charge in [0.2, 0.25) is 0 Å². The molecule has 0 bridgehead atoms. The van der Waals surface area contributed by atoms with Crippen LogP contribution in [0.3, 0.4) is 0 Å². The molecule has 0 aromatic heterocycles. The Morgan fingerprint density at radius 3 is 2.75 bits per heavy atom. The Balaban J connectivity index is 1.69. The molecule has 2 aliphatic heterocycles. The number of rotatable bonds is 5. The van der Waals surface area contributed by atoms with Crippen LogP contribution >= 0.6 is 0 Å². The van der Waals surface area contributed by atoms with Gasteiger partial charge >= 0.3 is 5.97 Å². The molecule has 2 heterocycles. The normalized spacial score (nSPS) is 34.0. The molecular formula is C15H23NO4. The van der Waals surface area contributed by atoms with Crippen molar-refractivity contribution < 1.29 is 19.1 Å². The van der Waals surface area contributed by atoms with E-state index in [1.165, 1.54) is 6.42 Å². The molecule has 20 heavy (non-hydrogen) atoms. The van der Waals surface area contributed by atoms with Gasteiger partial charge in [-0.15, -0.1) is 0 Å². The summed E-state index contributed by atoms with van der Waals surface area (Å²) < 4.78 is 10.7. The largest absolute Gasteiger partial charge is 0.463 e. The molecule has 2 atom stereocenters. The summed E-state index contributed by atoms with van der Waals surface area (Å²) in [5.41, 5.74) is -0.714. The van der Waals surface area contributed by atoms with Gasteiger partial charge in [0, 0.05) is 13.7 Å². The average molecular weight is 281 g/mol. The number of methoxy groups -OCH3 is 1. The SMILES string of the molecule is COCC1(COC(=O)C2CC2)C(=O)C2CCCCCN21. The zero-order valence-corrected chi connectivity index (χ0v) is 12.1. The zero-order chi connectivity index (χ0) is 14.2. The topological polar surface area (TPSA) is 55.8 Å². The summed E-state index contributed by atoms with van der Waals surface area (Å²) in [6.45, 7) is 1.38. The number of ketones is 1. The van der Waals surface area contributed by atoms with Crippen LogP contribution in [0.4, 0.5) is 0 Å². The monoisotopic (exact) mass is 281 g/mol. The highest BCUT2D eigenvalue weighted by Crippen LogP contribution is 2.39. The molecule has 0 N–H and O–H groups in total. The van der Waals surface area contributed by atoms with E-state index in [2.05, 4.69) is 4.90 Å². The van der Waals surface area contributed by atoms with Crippen LogP contribution in [0.1, 0.15) is 38.5 Å². The van der Waals surface area contributed by atoms with Gasteiger partial charge in [0.1, 0.15) is 12.1 Å². The Morgan fingerprint density at radius 2 is 2.05 bits per heavy atom. The molecular weight excluding hydrogens is 258 g/mol. The van der Waals surface area contributed by atoms with E-state index >= 15 is 0 Å². The summed E-state index contributed by atoms with van der Waals surface area (Å²) in [5.74, 6) is 0.126. The number of nitrogens with zero attached hydrogens (tertiary/aromatic N) is 1. The van der Waals surface area contributed by atoms with Crippen molar-refractivity contribution in [2.75, 3.05) is 26.9 Å². The van der Waals surface area contributed by atoms with Crippen LogP contribution in [-0.2, 0) is 19.1 Å². The van der Waals surface area contributed by atoms with Gasteiger partial charge in [0.25, 0.3) is 0 Å². The van der Waals surface area contributed by atoms with Gasteiger partial charge in [0.05, 0.1) is 18.6 Å². The number of esters is 1. The third kappa shape index (κ3) is 2.27. The van der Waals surface area contributed by atoms with Crippen molar-refractivity contribution in [3.63, 3.8) is 0 Å². The minimum Gasteiger partial charge on any atom is -0.463 e. The lowest BCUT2D eigenvalue weighted by Gasteiger charge is -2.55. The highest BCUT2D eigenvalue weighted by molar-refractivity contribution is 5.99. The molecule has 2 saturated heterocycles. The number of hydrogen-bond acceptors (Lipinski definition) is 5. The molecule has 0 spiro atoms. The van der Waals surface area contributed by atoms with Crippen molar-refractivity contribution in [1.82, 2.24) is 4.90 Å². The first kappa shape index (κ1) is 14.0. The lowest BCUT2D eigenvalue weighted by atomic mass is 9.76. The number of hydrogen-bond donors (Lipinski definition) is 0. The minimum atomic E-state index is -0.714. The average Bonchev–Trinajstić information content (AvgIpc) is 3.28. The van der Waals surface area contributed by atoms with E-state index < -0.39 is 5.54 Å². The summed E-state index contributed by atoms with van der Waals surface area (Å²) >= 11 is 0. The van der Waals surface area contributed by atoms with Crippen LogP contribution in [-0.4, -0.2) is 55.1 Å². The standard InChI is InChI=1S/C15H23NO4/c1-19-9-15(10-20-14(18)11-6-7-11)13(17)12-5-3-2-4-8-16(12)15/h11-12H,2-10H2,1H3. The first-order chi connectivity index (χ1) is 9.69. The Labute approximate surface area is 119 Å². The molecule has 5 heteroatoms. The second-order valence-electron chi connectivity index (χ2n) is 6.27.